The Kier molecular flexibility index (Phi) is 33.0. The topological polar surface area (TPSA) is 3.24 Å². The molecule has 0 atom stereocenters. The van der Waals surface area contributed by atoms with Crippen molar-refractivity contribution in [3.8, 4) is 22.3 Å². The number of anilines is 3. The lowest BCUT2D eigenvalue weighted by Crippen LogP contribution is -2.11. The zero-order valence-electron chi connectivity index (χ0n) is 31.2. The van der Waals surface area contributed by atoms with Gasteiger partial charge in [-0.05, 0) is 53.1 Å². The number of hydrogen-bond acceptors (Lipinski definition) is 1. The lowest BCUT2D eigenvalue weighted by atomic mass is 9.96. The van der Waals surface area contributed by atoms with Crippen LogP contribution in [0.1, 0.15) is 96.9 Å². The third-order valence-corrected chi connectivity index (χ3v) is 5.46. The van der Waals surface area contributed by atoms with Crippen LogP contribution in [0.3, 0.4) is 0 Å². The van der Waals surface area contributed by atoms with E-state index >= 15 is 0 Å². The van der Waals surface area contributed by atoms with Gasteiger partial charge in [-0.15, -0.1) is 0 Å². The van der Waals surface area contributed by atoms with E-state index < -0.39 is 0 Å². The van der Waals surface area contributed by atoms with Gasteiger partial charge >= 0.3 is 0 Å². The van der Waals surface area contributed by atoms with Crippen molar-refractivity contribution in [3.05, 3.63) is 140 Å². The predicted octanol–water partition coefficient (Wildman–Crippen LogP) is 15.7. The molecule has 0 aliphatic carbocycles. The van der Waals surface area contributed by atoms with Gasteiger partial charge in [-0.25, -0.2) is 0 Å². The predicted molar refractivity (Wildman–Crippen MR) is 211 cm³/mol. The minimum atomic E-state index is 1.14. The SMILES string of the molecule is CC.CC.CC.CC.CC.CC.CC.c1ccc(-c2ccc(N(c3ccccc3)c3ccccc3)c(-c3ccccc3)c2)cc1. The molecule has 246 valence electrons. The number of benzene rings is 5. The molecule has 0 saturated heterocycles. The molecule has 0 amide bonds. The number of para-hydroxylation sites is 2. The normalized spacial score (nSPS) is 8.22. The van der Waals surface area contributed by atoms with E-state index in [2.05, 4.69) is 144 Å². The second-order valence-corrected chi connectivity index (χ2v) is 7.47. The van der Waals surface area contributed by atoms with Gasteiger partial charge in [-0.3, -0.25) is 0 Å². The Bertz CT molecular complexity index is 1210. The summed E-state index contributed by atoms with van der Waals surface area (Å²) in [4.78, 5) is 2.33. The fourth-order valence-corrected chi connectivity index (χ4v) is 3.97. The van der Waals surface area contributed by atoms with Gasteiger partial charge < -0.3 is 4.90 Å². The number of hydrogen-bond donors (Lipinski definition) is 0. The largest absolute Gasteiger partial charge is 0.310 e. The van der Waals surface area contributed by atoms with Gasteiger partial charge in [0.25, 0.3) is 0 Å². The van der Waals surface area contributed by atoms with Crippen molar-refractivity contribution in [2.45, 2.75) is 96.9 Å². The second kappa shape index (κ2) is 32.8. The maximum Gasteiger partial charge on any atom is 0.0540 e. The minimum Gasteiger partial charge on any atom is -0.310 e. The summed E-state index contributed by atoms with van der Waals surface area (Å²) in [6, 6.07) is 49.1. The number of nitrogens with zero attached hydrogens (tertiary/aromatic N) is 1. The molecule has 0 saturated carbocycles. The summed E-state index contributed by atoms with van der Waals surface area (Å²) in [7, 11) is 0. The first-order chi connectivity index (χ1) is 22.4. The van der Waals surface area contributed by atoms with Gasteiger partial charge in [0.15, 0.2) is 0 Å². The van der Waals surface area contributed by atoms with Crippen LogP contribution in [0.15, 0.2) is 140 Å². The molecule has 5 aromatic carbocycles. The Hall–Kier alpha value is -4.10. The molecule has 0 aliphatic heterocycles. The molecule has 0 spiro atoms. The molecule has 5 rings (SSSR count). The van der Waals surface area contributed by atoms with Crippen LogP contribution >= 0.6 is 0 Å². The minimum absolute atomic E-state index is 1.14. The molecule has 0 radical (unpaired) electrons. The first-order valence-electron chi connectivity index (χ1n) is 17.6. The molecule has 5 aromatic rings. The van der Waals surface area contributed by atoms with E-state index in [0.717, 1.165) is 17.1 Å². The molecule has 0 heterocycles. The van der Waals surface area contributed by atoms with E-state index in [1.165, 1.54) is 22.3 Å². The molecule has 1 heteroatoms. The summed E-state index contributed by atoms with van der Waals surface area (Å²) in [5.41, 5.74) is 8.27. The fraction of sp³-hybridized carbons (Fsp3) is 0.318. The molecule has 0 aliphatic rings. The highest BCUT2D eigenvalue weighted by molar-refractivity contribution is 5.90. The quantitative estimate of drug-likeness (QED) is 0.192. The third kappa shape index (κ3) is 15.5. The van der Waals surface area contributed by atoms with Gasteiger partial charge in [-0.1, -0.05) is 200 Å². The highest BCUT2D eigenvalue weighted by Gasteiger charge is 2.17. The van der Waals surface area contributed by atoms with Crippen LogP contribution in [0.25, 0.3) is 22.3 Å². The monoisotopic (exact) mass is 608 g/mol. The second-order valence-electron chi connectivity index (χ2n) is 7.47. The van der Waals surface area contributed by atoms with Gasteiger partial charge in [0, 0.05) is 16.9 Å². The Balaban J connectivity index is -0.00000112. The van der Waals surface area contributed by atoms with Crippen molar-refractivity contribution < 1.29 is 0 Å². The highest BCUT2D eigenvalue weighted by atomic mass is 15.1. The van der Waals surface area contributed by atoms with Gasteiger partial charge in [0.2, 0.25) is 0 Å². The van der Waals surface area contributed by atoms with Gasteiger partial charge in [-0.2, -0.15) is 0 Å². The summed E-state index contributed by atoms with van der Waals surface area (Å²) in [5.74, 6) is 0. The lowest BCUT2D eigenvalue weighted by Gasteiger charge is -2.28. The fourth-order valence-electron chi connectivity index (χ4n) is 3.97. The third-order valence-electron chi connectivity index (χ3n) is 5.46. The van der Waals surface area contributed by atoms with Crippen LogP contribution in [0.2, 0.25) is 0 Å². The molecule has 0 unspecified atom stereocenters. The van der Waals surface area contributed by atoms with Crippen molar-refractivity contribution in [1.82, 2.24) is 0 Å². The average Bonchev–Trinajstić information content (AvgIpc) is 3.19. The van der Waals surface area contributed by atoms with Crippen molar-refractivity contribution in [2.75, 3.05) is 4.90 Å². The van der Waals surface area contributed by atoms with Crippen molar-refractivity contribution >= 4 is 17.1 Å². The molecule has 0 N–H and O–H groups in total. The molecular weight excluding hydrogens is 542 g/mol. The number of rotatable bonds is 5. The molecular formula is C44H65N. The van der Waals surface area contributed by atoms with Crippen molar-refractivity contribution in [3.63, 3.8) is 0 Å². The molecule has 0 aromatic heterocycles. The first-order valence-corrected chi connectivity index (χ1v) is 17.6. The summed E-state index contributed by atoms with van der Waals surface area (Å²) < 4.78 is 0. The van der Waals surface area contributed by atoms with E-state index in [1.54, 1.807) is 0 Å². The summed E-state index contributed by atoms with van der Waals surface area (Å²) in [6.45, 7) is 28.0. The lowest BCUT2D eigenvalue weighted by molar-refractivity contribution is 1.28. The van der Waals surface area contributed by atoms with Crippen LogP contribution in [-0.4, -0.2) is 0 Å². The zero-order chi connectivity index (χ0) is 34.9. The standard InChI is InChI=1S/C30H23N.7C2H6/c1-5-13-24(14-6-1)26-21-22-30(29(23-26)25-15-7-2-8-16-25)31(27-17-9-3-10-18-27)28-19-11-4-12-20-28;7*1-2/h1-23H;7*1-2H3. The smallest absolute Gasteiger partial charge is 0.0540 e. The zero-order valence-corrected chi connectivity index (χ0v) is 31.2. The van der Waals surface area contributed by atoms with E-state index in [4.69, 9.17) is 0 Å². The molecule has 1 nitrogen and oxygen atoms in total. The molecule has 45 heavy (non-hydrogen) atoms. The maximum absolute atomic E-state index is 2.33. The Morgan fingerprint density at radius 3 is 0.956 bits per heavy atom. The van der Waals surface area contributed by atoms with Crippen LogP contribution < -0.4 is 4.90 Å². The van der Waals surface area contributed by atoms with E-state index in [-0.39, 0.29) is 0 Å². The highest BCUT2D eigenvalue weighted by Crippen LogP contribution is 2.42. The van der Waals surface area contributed by atoms with Crippen LogP contribution in [0.4, 0.5) is 17.1 Å². The summed E-state index contributed by atoms with van der Waals surface area (Å²) in [5, 5.41) is 0. The molecule has 0 fully saturated rings. The summed E-state index contributed by atoms with van der Waals surface area (Å²) in [6.07, 6.45) is 0. The van der Waals surface area contributed by atoms with Gasteiger partial charge in [0.1, 0.15) is 0 Å². The Morgan fingerprint density at radius 1 is 0.289 bits per heavy atom. The van der Waals surface area contributed by atoms with Crippen LogP contribution in [-0.2, 0) is 0 Å². The Morgan fingerprint density at radius 2 is 0.600 bits per heavy atom. The molecule has 0 bridgehead atoms. The van der Waals surface area contributed by atoms with Crippen molar-refractivity contribution in [1.29, 1.82) is 0 Å². The van der Waals surface area contributed by atoms with E-state index in [1.807, 2.05) is 96.9 Å². The van der Waals surface area contributed by atoms with E-state index in [9.17, 15) is 0 Å². The Labute approximate surface area is 280 Å². The van der Waals surface area contributed by atoms with Crippen molar-refractivity contribution in [2.24, 2.45) is 0 Å². The van der Waals surface area contributed by atoms with Crippen LogP contribution in [0, 0.1) is 0 Å². The van der Waals surface area contributed by atoms with Crippen LogP contribution in [0.5, 0.6) is 0 Å². The average molecular weight is 608 g/mol. The maximum atomic E-state index is 2.33. The summed E-state index contributed by atoms with van der Waals surface area (Å²) >= 11 is 0. The van der Waals surface area contributed by atoms with E-state index in [0.29, 0.717) is 0 Å². The van der Waals surface area contributed by atoms with Gasteiger partial charge in [0.05, 0.1) is 5.69 Å². The first kappa shape index (κ1) is 45.3.